The Morgan fingerprint density at radius 3 is 2.05 bits per heavy atom. The van der Waals surface area contributed by atoms with Crippen LogP contribution in [0.5, 0.6) is 5.75 Å². The van der Waals surface area contributed by atoms with E-state index in [1.54, 1.807) is 0 Å². The summed E-state index contributed by atoms with van der Waals surface area (Å²) in [4.78, 5) is 11.1. The average Bonchev–Trinajstić information content (AvgIpc) is 3.34. The molecule has 0 amide bonds. The quantitative estimate of drug-likeness (QED) is 0.0944. The third-order valence-corrected chi connectivity index (χ3v) is 7.39. The van der Waals surface area contributed by atoms with Crippen molar-refractivity contribution < 1.29 is 14.3 Å². The molecule has 0 fully saturated rings. The van der Waals surface area contributed by atoms with Crippen LogP contribution >= 0.6 is 0 Å². The molecule has 198 valence electrons. The largest absolute Gasteiger partial charge is 0.493 e. The highest BCUT2D eigenvalue weighted by Gasteiger charge is 2.19. The van der Waals surface area contributed by atoms with Gasteiger partial charge < -0.3 is 9.47 Å². The van der Waals surface area contributed by atoms with E-state index in [2.05, 4.69) is 86.3 Å². The van der Waals surface area contributed by atoms with Crippen molar-refractivity contribution in [2.24, 2.45) is 0 Å². The molecule has 39 heavy (non-hydrogen) atoms. The highest BCUT2D eigenvalue weighted by Crippen LogP contribution is 2.39. The topological polar surface area (TPSA) is 35.5 Å². The Hall–Kier alpha value is -4.11. The standard InChI is InChI=1S/C36H36O3/c1-3-5-6-8-26-9-19-34-31(23-26)25-32-24-30(16-20-35(32)34)29-12-10-27(11-13-29)28-14-17-33(18-15-28)38-21-7-22-39-36(37)4-2/h4,9-20,23-24H,2-3,5-8,21-22,25H2,1H3. The Labute approximate surface area is 232 Å². The molecule has 0 N–H and O–H groups in total. The minimum absolute atomic E-state index is 0.326. The summed E-state index contributed by atoms with van der Waals surface area (Å²) < 4.78 is 10.7. The summed E-state index contributed by atoms with van der Waals surface area (Å²) in [6, 6.07) is 30.9. The molecule has 0 aromatic heterocycles. The van der Waals surface area contributed by atoms with Gasteiger partial charge in [-0.2, -0.15) is 0 Å². The molecule has 4 aromatic rings. The molecule has 0 bridgehead atoms. The van der Waals surface area contributed by atoms with E-state index in [1.165, 1.54) is 76.3 Å². The molecule has 3 nitrogen and oxygen atoms in total. The van der Waals surface area contributed by atoms with Crippen molar-refractivity contribution in [3.63, 3.8) is 0 Å². The van der Waals surface area contributed by atoms with Crippen LogP contribution in [-0.4, -0.2) is 19.2 Å². The number of rotatable bonds is 12. The van der Waals surface area contributed by atoms with Crippen LogP contribution in [-0.2, 0) is 22.4 Å². The van der Waals surface area contributed by atoms with E-state index in [0.29, 0.717) is 19.6 Å². The summed E-state index contributed by atoms with van der Waals surface area (Å²) >= 11 is 0. The zero-order valence-corrected chi connectivity index (χ0v) is 22.7. The number of aryl methyl sites for hydroxylation is 1. The van der Waals surface area contributed by atoms with E-state index in [0.717, 1.165) is 17.7 Å². The smallest absolute Gasteiger partial charge is 0.330 e. The van der Waals surface area contributed by atoms with Gasteiger partial charge in [0.2, 0.25) is 0 Å². The lowest BCUT2D eigenvalue weighted by molar-refractivity contribution is -0.137. The molecule has 1 aliphatic rings. The van der Waals surface area contributed by atoms with Gasteiger partial charge in [-0.25, -0.2) is 4.79 Å². The molecule has 0 atom stereocenters. The van der Waals surface area contributed by atoms with Gasteiger partial charge in [-0.15, -0.1) is 0 Å². The predicted octanol–water partition coefficient (Wildman–Crippen LogP) is 8.82. The summed E-state index contributed by atoms with van der Waals surface area (Å²) in [6.07, 6.45) is 7.85. The molecule has 0 radical (unpaired) electrons. The van der Waals surface area contributed by atoms with Crippen molar-refractivity contribution in [3.8, 4) is 39.1 Å². The highest BCUT2D eigenvalue weighted by atomic mass is 16.5. The number of ether oxygens (including phenoxy) is 2. The molecule has 4 aromatic carbocycles. The predicted molar refractivity (Wildman–Crippen MR) is 160 cm³/mol. The molecule has 0 unspecified atom stereocenters. The van der Waals surface area contributed by atoms with Crippen LogP contribution in [0.1, 0.15) is 49.3 Å². The number of benzene rings is 4. The Morgan fingerprint density at radius 1 is 0.744 bits per heavy atom. The van der Waals surface area contributed by atoms with E-state index in [1.807, 2.05) is 12.1 Å². The summed E-state index contributed by atoms with van der Waals surface area (Å²) in [5.74, 6) is 0.399. The molecule has 0 saturated carbocycles. The van der Waals surface area contributed by atoms with Crippen LogP contribution in [0.25, 0.3) is 33.4 Å². The van der Waals surface area contributed by atoms with Crippen LogP contribution in [0, 0.1) is 0 Å². The molecule has 0 heterocycles. The zero-order valence-electron chi connectivity index (χ0n) is 22.7. The summed E-state index contributed by atoms with van der Waals surface area (Å²) in [7, 11) is 0. The molecule has 0 spiro atoms. The van der Waals surface area contributed by atoms with Gasteiger partial charge in [0.15, 0.2) is 0 Å². The molecule has 1 aliphatic carbocycles. The Morgan fingerprint density at radius 2 is 1.36 bits per heavy atom. The first-order valence-electron chi connectivity index (χ1n) is 14.0. The van der Waals surface area contributed by atoms with E-state index in [9.17, 15) is 4.79 Å². The molecule has 0 aliphatic heterocycles. The van der Waals surface area contributed by atoms with Crippen LogP contribution in [0.3, 0.4) is 0 Å². The summed E-state index contributed by atoms with van der Waals surface area (Å²) in [6.45, 7) is 6.46. The fraction of sp³-hybridized carbons (Fsp3) is 0.250. The average molecular weight is 517 g/mol. The van der Waals surface area contributed by atoms with Crippen molar-refractivity contribution >= 4 is 5.97 Å². The molecule has 3 heteroatoms. The third kappa shape index (κ3) is 6.49. The molecular weight excluding hydrogens is 480 g/mol. The van der Waals surface area contributed by atoms with Gasteiger partial charge in [0, 0.05) is 12.5 Å². The lowest BCUT2D eigenvalue weighted by Gasteiger charge is -2.09. The Bertz CT molecular complexity index is 1430. The number of carbonyl (C=O) groups is 1. The summed E-state index contributed by atoms with van der Waals surface area (Å²) in [5, 5.41) is 0. The van der Waals surface area contributed by atoms with Crippen LogP contribution in [0.4, 0.5) is 0 Å². The fourth-order valence-electron chi connectivity index (χ4n) is 5.26. The number of esters is 1. The fourth-order valence-corrected chi connectivity index (χ4v) is 5.26. The van der Waals surface area contributed by atoms with Gasteiger partial charge in [-0.1, -0.05) is 99.1 Å². The number of carbonyl (C=O) groups excluding carboxylic acids is 1. The molecule has 5 rings (SSSR count). The summed E-state index contributed by atoms with van der Waals surface area (Å²) in [5.41, 5.74) is 12.0. The Kier molecular flexibility index (Phi) is 8.58. The second-order valence-corrected chi connectivity index (χ2v) is 10.2. The second kappa shape index (κ2) is 12.6. The first-order valence-corrected chi connectivity index (χ1v) is 14.0. The van der Waals surface area contributed by atoms with Gasteiger partial charge >= 0.3 is 5.97 Å². The Balaban J connectivity index is 1.20. The van der Waals surface area contributed by atoms with E-state index in [-0.39, 0.29) is 0 Å². The highest BCUT2D eigenvalue weighted by molar-refractivity contribution is 5.81. The first kappa shape index (κ1) is 26.5. The van der Waals surface area contributed by atoms with Crippen LogP contribution in [0.2, 0.25) is 0 Å². The minimum atomic E-state index is -0.404. The lowest BCUT2D eigenvalue weighted by atomic mass is 9.97. The van der Waals surface area contributed by atoms with E-state index >= 15 is 0 Å². The molecule has 0 saturated heterocycles. The van der Waals surface area contributed by atoms with E-state index < -0.39 is 5.97 Å². The maximum atomic E-state index is 11.1. The minimum Gasteiger partial charge on any atom is -0.493 e. The monoisotopic (exact) mass is 516 g/mol. The van der Waals surface area contributed by atoms with Gasteiger partial charge in [0.1, 0.15) is 5.75 Å². The van der Waals surface area contributed by atoms with Crippen LogP contribution < -0.4 is 4.74 Å². The maximum Gasteiger partial charge on any atom is 0.330 e. The number of unbranched alkanes of at least 4 members (excludes halogenated alkanes) is 2. The van der Waals surface area contributed by atoms with Gasteiger partial charge in [0.25, 0.3) is 0 Å². The zero-order chi connectivity index (χ0) is 27.0. The van der Waals surface area contributed by atoms with Gasteiger partial charge in [0.05, 0.1) is 13.2 Å². The third-order valence-electron chi connectivity index (χ3n) is 7.39. The van der Waals surface area contributed by atoms with Gasteiger partial charge in [-0.3, -0.25) is 0 Å². The van der Waals surface area contributed by atoms with Crippen molar-refractivity contribution in [2.45, 2.75) is 45.4 Å². The SMILES string of the molecule is C=CC(=O)OCCCOc1ccc(-c2ccc(-c3ccc4c(c3)Cc3cc(CCCCC)ccc3-4)cc2)cc1. The van der Waals surface area contributed by atoms with Crippen LogP contribution in [0.15, 0.2) is 97.6 Å². The number of hydrogen-bond acceptors (Lipinski definition) is 3. The van der Waals surface area contributed by atoms with Gasteiger partial charge in [-0.05, 0) is 81.5 Å². The second-order valence-electron chi connectivity index (χ2n) is 10.2. The first-order chi connectivity index (χ1) is 19.1. The normalized spacial score (nSPS) is 11.5. The number of fused-ring (bicyclic) bond motifs is 3. The number of hydrogen-bond donors (Lipinski definition) is 0. The lowest BCUT2D eigenvalue weighted by Crippen LogP contribution is -2.06. The van der Waals surface area contributed by atoms with Crippen molar-refractivity contribution in [1.82, 2.24) is 0 Å². The maximum absolute atomic E-state index is 11.1. The van der Waals surface area contributed by atoms with E-state index in [4.69, 9.17) is 9.47 Å². The molecular formula is C36H36O3. The van der Waals surface area contributed by atoms with Crippen molar-refractivity contribution in [2.75, 3.05) is 13.2 Å². The van der Waals surface area contributed by atoms with Crippen molar-refractivity contribution in [3.05, 3.63) is 114 Å². The van der Waals surface area contributed by atoms with Crippen molar-refractivity contribution in [1.29, 1.82) is 0 Å².